The molecule has 0 saturated heterocycles. The van der Waals surface area contributed by atoms with Crippen molar-refractivity contribution in [2.45, 2.75) is 0 Å². The number of benzene rings is 2. The zero-order valence-electron chi connectivity index (χ0n) is 8.45. The first-order valence-electron chi connectivity index (χ1n) is 4.81. The molecule has 2 aromatic carbocycles. The van der Waals surface area contributed by atoms with Gasteiger partial charge in [-0.25, -0.2) is 8.78 Å². The van der Waals surface area contributed by atoms with Crippen LogP contribution in [0.1, 0.15) is 0 Å². The lowest BCUT2D eigenvalue weighted by Crippen LogP contribution is -2.11. The molecule has 0 spiro atoms. The van der Waals surface area contributed by atoms with E-state index in [0.29, 0.717) is 0 Å². The molecule has 0 heterocycles. The average Bonchev–Trinajstić information content (AvgIpc) is 2.30. The van der Waals surface area contributed by atoms with Crippen LogP contribution in [0.3, 0.4) is 0 Å². The second-order valence-electron chi connectivity index (χ2n) is 3.43. The van der Waals surface area contributed by atoms with Crippen LogP contribution in [0.4, 0.5) is 8.78 Å². The van der Waals surface area contributed by atoms with Crippen molar-refractivity contribution < 1.29 is 8.78 Å². The summed E-state index contributed by atoms with van der Waals surface area (Å²) < 4.78 is 25.5. The topological polar surface area (TPSA) is 0 Å². The van der Waals surface area contributed by atoms with Crippen LogP contribution < -0.4 is 10.6 Å². The molecule has 78 valence electrons. The van der Waals surface area contributed by atoms with E-state index in [1.807, 2.05) is 0 Å². The number of hydrogen-bond acceptors (Lipinski definition) is 0. The van der Waals surface area contributed by atoms with E-state index >= 15 is 0 Å². The van der Waals surface area contributed by atoms with E-state index in [4.69, 9.17) is 7.57 Å². The number of hydrogen-bond donors (Lipinski definition) is 0. The highest BCUT2D eigenvalue weighted by molar-refractivity contribution is 7.94. The summed E-state index contributed by atoms with van der Waals surface area (Å²) in [4.78, 5) is 0. The minimum absolute atomic E-state index is 0.280. The van der Waals surface area contributed by atoms with E-state index in [9.17, 15) is 8.78 Å². The van der Waals surface area contributed by atoms with Crippen molar-refractivity contribution in [3.63, 3.8) is 0 Å². The molecule has 2 rings (SSSR count). The molecule has 0 N–H and O–H groups in total. The fourth-order valence-electron chi connectivity index (χ4n) is 1.43. The quantitative estimate of drug-likeness (QED) is 0.551. The Bertz CT molecular complexity index is 422. The molecule has 0 fully saturated rings. The Hall–Kier alpha value is -1.21. The maximum absolute atomic E-state index is 12.7. The molecular formula is C12H9BF2P+. The summed E-state index contributed by atoms with van der Waals surface area (Å²) in [5.41, 5.74) is 0. The molecular weight excluding hydrogens is 224 g/mol. The molecule has 4 heteroatoms. The maximum atomic E-state index is 12.7. The minimum Gasteiger partial charge on any atom is -0.207 e. The van der Waals surface area contributed by atoms with Crippen molar-refractivity contribution in [1.82, 2.24) is 0 Å². The van der Waals surface area contributed by atoms with Crippen molar-refractivity contribution in [1.29, 1.82) is 0 Å². The van der Waals surface area contributed by atoms with Gasteiger partial charge in [0.05, 0.1) is 10.6 Å². The molecule has 0 amide bonds. The first-order valence-corrected chi connectivity index (χ1v) is 6.39. The summed E-state index contributed by atoms with van der Waals surface area (Å²) in [6, 6.07) is 12.2. The van der Waals surface area contributed by atoms with Gasteiger partial charge < -0.3 is 0 Å². The summed E-state index contributed by atoms with van der Waals surface area (Å²) in [6.45, 7) is 0. The third kappa shape index (κ3) is 2.48. The van der Waals surface area contributed by atoms with Gasteiger partial charge in [-0.15, -0.1) is 0 Å². The first kappa shape index (κ1) is 11.3. The van der Waals surface area contributed by atoms with Crippen molar-refractivity contribution >= 4 is 26.0 Å². The Labute approximate surface area is 95.4 Å². The molecule has 0 aliphatic heterocycles. The zero-order chi connectivity index (χ0) is 11.5. The molecule has 2 radical (unpaired) electrons. The van der Waals surface area contributed by atoms with Crippen molar-refractivity contribution in [2.75, 3.05) is 0 Å². The molecule has 0 aromatic heterocycles. The summed E-state index contributed by atoms with van der Waals surface area (Å²) in [5.74, 6) is -0.560. The summed E-state index contributed by atoms with van der Waals surface area (Å²) in [7, 11) is 4.66. The molecule has 16 heavy (non-hydrogen) atoms. The van der Waals surface area contributed by atoms with E-state index < -0.39 is 7.80 Å². The average molecular weight is 233 g/mol. The van der Waals surface area contributed by atoms with E-state index in [1.54, 1.807) is 24.3 Å². The highest BCUT2D eigenvalue weighted by atomic mass is 31.1. The SMILES string of the molecule is [B][PH+](c1ccc(F)cc1)c1ccc(F)cc1. The largest absolute Gasteiger partial charge is 0.374 e. The monoisotopic (exact) mass is 233 g/mol. The van der Waals surface area contributed by atoms with Crippen molar-refractivity contribution in [2.24, 2.45) is 0 Å². The predicted molar refractivity (Wildman–Crippen MR) is 66.1 cm³/mol. The minimum atomic E-state index is -1.41. The first-order chi connectivity index (χ1) is 7.66. The van der Waals surface area contributed by atoms with Crippen LogP contribution in [-0.2, 0) is 0 Å². The smallest absolute Gasteiger partial charge is 0.207 e. The van der Waals surface area contributed by atoms with Gasteiger partial charge in [-0.05, 0) is 48.5 Å². The van der Waals surface area contributed by atoms with Gasteiger partial charge >= 0.3 is 7.57 Å². The normalized spacial score (nSPS) is 10.7. The third-order valence-electron chi connectivity index (χ3n) is 2.31. The van der Waals surface area contributed by atoms with E-state index in [-0.39, 0.29) is 11.6 Å². The maximum Gasteiger partial charge on any atom is 0.374 e. The van der Waals surface area contributed by atoms with Gasteiger partial charge in [-0.2, -0.15) is 0 Å². The molecule has 2 aromatic rings. The third-order valence-corrected chi connectivity index (χ3v) is 4.22. The fourth-order valence-corrected chi connectivity index (χ4v) is 2.81. The number of rotatable bonds is 2. The van der Waals surface area contributed by atoms with Gasteiger partial charge in [0.2, 0.25) is 0 Å². The van der Waals surface area contributed by atoms with Gasteiger partial charge in [0, 0.05) is 7.80 Å². The lowest BCUT2D eigenvalue weighted by atomic mass is 10.3. The molecule has 0 saturated carbocycles. The zero-order valence-corrected chi connectivity index (χ0v) is 9.45. The van der Waals surface area contributed by atoms with Crippen LogP contribution in [0, 0.1) is 11.6 Å². The van der Waals surface area contributed by atoms with Gasteiger partial charge in [0.1, 0.15) is 11.6 Å². The highest BCUT2D eigenvalue weighted by Crippen LogP contribution is 2.26. The van der Waals surface area contributed by atoms with Gasteiger partial charge in [0.25, 0.3) is 0 Å². The lowest BCUT2D eigenvalue weighted by Gasteiger charge is -2.04. The van der Waals surface area contributed by atoms with Crippen LogP contribution in [0.2, 0.25) is 0 Å². The van der Waals surface area contributed by atoms with Crippen LogP contribution in [0.25, 0.3) is 0 Å². The lowest BCUT2D eigenvalue weighted by molar-refractivity contribution is 0.628. The fraction of sp³-hybridized carbons (Fsp3) is 0. The van der Waals surface area contributed by atoms with E-state index in [2.05, 4.69) is 0 Å². The molecule has 0 aliphatic rings. The van der Waals surface area contributed by atoms with Gasteiger partial charge in [-0.1, -0.05) is 0 Å². The Morgan fingerprint density at radius 3 is 1.31 bits per heavy atom. The van der Waals surface area contributed by atoms with Gasteiger partial charge in [0.15, 0.2) is 0 Å². The molecule has 0 aliphatic carbocycles. The van der Waals surface area contributed by atoms with Crippen LogP contribution in [-0.4, -0.2) is 7.57 Å². The predicted octanol–water partition coefficient (Wildman–Crippen LogP) is 2.21. The number of halogens is 2. The summed E-state index contributed by atoms with van der Waals surface area (Å²) in [5, 5.41) is 1.80. The van der Waals surface area contributed by atoms with E-state index in [0.717, 1.165) is 10.6 Å². The molecule has 0 nitrogen and oxygen atoms in total. The molecule has 0 bridgehead atoms. The van der Waals surface area contributed by atoms with E-state index in [1.165, 1.54) is 24.3 Å². The second kappa shape index (κ2) is 4.75. The Balaban J connectivity index is 2.28. The van der Waals surface area contributed by atoms with Crippen molar-refractivity contribution in [3.8, 4) is 0 Å². The van der Waals surface area contributed by atoms with Crippen LogP contribution >= 0.6 is 7.80 Å². The molecule has 0 atom stereocenters. The molecule has 0 unspecified atom stereocenters. The van der Waals surface area contributed by atoms with Gasteiger partial charge in [-0.3, -0.25) is 0 Å². The standard InChI is InChI=1S/C12H9BF2P/c13-16(11-5-1-9(14)2-6-11)12-7-3-10(15)4-8-12/h1-8,16H/q+1. The highest BCUT2D eigenvalue weighted by Gasteiger charge is 2.16. The summed E-state index contributed by atoms with van der Waals surface area (Å²) in [6.07, 6.45) is 0. The summed E-state index contributed by atoms with van der Waals surface area (Å²) >= 11 is 0. The second-order valence-corrected chi connectivity index (χ2v) is 5.41. The Morgan fingerprint density at radius 2 is 1.00 bits per heavy atom. The van der Waals surface area contributed by atoms with Crippen LogP contribution in [0.5, 0.6) is 0 Å². The van der Waals surface area contributed by atoms with Crippen LogP contribution in [0.15, 0.2) is 48.5 Å². The Morgan fingerprint density at radius 1 is 0.688 bits per heavy atom. The Kier molecular flexibility index (Phi) is 3.35. The van der Waals surface area contributed by atoms with Crippen molar-refractivity contribution in [3.05, 3.63) is 60.2 Å².